The van der Waals surface area contributed by atoms with Crippen LogP contribution in [-0.2, 0) is 0 Å². The molecule has 0 saturated carbocycles. The van der Waals surface area contributed by atoms with Gasteiger partial charge in [-0.3, -0.25) is 0 Å². The van der Waals surface area contributed by atoms with Crippen molar-refractivity contribution in [2.75, 3.05) is 26.1 Å². The second kappa shape index (κ2) is 6.68. The molecule has 0 radical (unpaired) electrons. The van der Waals surface area contributed by atoms with Gasteiger partial charge in [0, 0.05) is 17.3 Å². The zero-order chi connectivity index (χ0) is 18.1. The number of thiophene rings is 1. The molecular weight excluding hydrogens is 348 g/mol. The van der Waals surface area contributed by atoms with Crippen LogP contribution in [0.5, 0.6) is 11.5 Å². The largest absolute Gasteiger partial charge is 0.493 e. The van der Waals surface area contributed by atoms with Crippen molar-refractivity contribution < 1.29 is 9.47 Å². The average Bonchev–Trinajstić information content (AvgIpc) is 3.27. The van der Waals surface area contributed by atoms with Crippen LogP contribution in [0.2, 0.25) is 0 Å². The van der Waals surface area contributed by atoms with Gasteiger partial charge in [0.25, 0.3) is 0 Å². The number of nitrogens with one attached hydrogen (secondary N) is 1. The third-order valence-electron chi connectivity index (χ3n) is 4.06. The first-order chi connectivity index (χ1) is 12.7. The molecule has 132 valence electrons. The number of nitrogens with zero attached hydrogens (tertiary/aromatic N) is 3. The summed E-state index contributed by atoms with van der Waals surface area (Å²) >= 11 is 1.67. The quantitative estimate of drug-likeness (QED) is 0.518. The van der Waals surface area contributed by atoms with Gasteiger partial charge in [-0.15, -0.1) is 23.0 Å². The van der Waals surface area contributed by atoms with Gasteiger partial charge in [-0.05, 0) is 29.7 Å². The van der Waals surface area contributed by atoms with Crippen LogP contribution in [-0.4, -0.2) is 35.4 Å². The lowest BCUT2D eigenvalue weighted by atomic mass is 10.2. The standard InChI is InChI=1S/C19H18N4O2S/c1-4-7-20-18-5-6-19-21-11-13(23(19)22-18)17-9-12-8-14(24-2)15(25-3)10-16(12)26-17/h4-6,8-11H,1,7H2,2-3H3,(H,20,22). The van der Waals surface area contributed by atoms with E-state index in [2.05, 4.69) is 28.0 Å². The highest BCUT2D eigenvalue weighted by atomic mass is 32.1. The summed E-state index contributed by atoms with van der Waals surface area (Å²) in [5, 5.41) is 8.94. The third-order valence-corrected chi connectivity index (χ3v) is 5.19. The Kier molecular flexibility index (Phi) is 4.22. The molecule has 4 aromatic rings. The number of rotatable bonds is 6. The Morgan fingerprint density at radius 1 is 1.19 bits per heavy atom. The van der Waals surface area contributed by atoms with Gasteiger partial charge in [0.1, 0.15) is 11.5 Å². The number of fused-ring (bicyclic) bond motifs is 2. The predicted molar refractivity (Wildman–Crippen MR) is 106 cm³/mol. The van der Waals surface area contributed by atoms with E-state index in [1.807, 2.05) is 35.0 Å². The van der Waals surface area contributed by atoms with Gasteiger partial charge < -0.3 is 14.8 Å². The minimum atomic E-state index is 0.658. The maximum absolute atomic E-state index is 5.40. The molecular formula is C19H18N4O2S. The minimum absolute atomic E-state index is 0.658. The highest BCUT2D eigenvalue weighted by Gasteiger charge is 2.14. The lowest BCUT2D eigenvalue weighted by Crippen LogP contribution is -2.03. The van der Waals surface area contributed by atoms with E-state index in [0.717, 1.165) is 43.6 Å². The summed E-state index contributed by atoms with van der Waals surface area (Å²) in [6, 6.07) is 9.96. The van der Waals surface area contributed by atoms with Crippen molar-refractivity contribution in [1.82, 2.24) is 14.6 Å². The summed E-state index contributed by atoms with van der Waals surface area (Å²) in [5.74, 6) is 2.22. The van der Waals surface area contributed by atoms with Gasteiger partial charge in [-0.1, -0.05) is 6.08 Å². The smallest absolute Gasteiger partial charge is 0.162 e. The van der Waals surface area contributed by atoms with Crippen LogP contribution >= 0.6 is 11.3 Å². The van der Waals surface area contributed by atoms with Crippen molar-refractivity contribution in [2.24, 2.45) is 0 Å². The molecule has 0 aliphatic heterocycles. The zero-order valence-corrected chi connectivity index (χ0v) is 15.3. The molecule has 1 aromatic carbocycles. The fourth-order valence-electron chi connectivity index (χ4n) is 2.80. The first-order valence-electron chi connectivity index (χ1n) is 8.09. The Morgan fingerprint density at radius 2 is 2.00 bits per heavy atom. The van der Waals surface area contributed by atoms with E-state index in [0.29, 0.717) is 6.54 Å². The summed E-state index contributed by atoms with van der Waals surface area (Å²) in [6.45, 7) is 4.38. The summed E-state index contributed by atoms with van der Waals surface area (Å²) in [5.41, 5.74) is 1.75. The van der Waals surface area contributed by atoms with E-state index in [9.17, 15) is 0 Å². The highest BCUT2D eigenvalue weighted by Crippen LogP contribution is 2.39. The molecule has 26 heavy (non-hydrogen) atoms. The van der Waals surface area contributed by atoms with E-state index in [1.54, 1.807) is 31.6 Å². The second-order valence-electron chi connectivity index (χ2n) is 5.66. The molecule has 3 aromatic heterocycles. The fourth-order valence-corrected chi connectivity index (χ4v) is 3.87. The molecule has 6 nitrogen and oxygen atoms in total. The molecule has 0 spiro atoms. The van der Waals surface area contributed by atoms with Crippen molar-refractivity contribution in [3.63, 3.8) is 0 Å². The maximum atomic E-state index is 5.40. The Morgan fingerprint density at radius 3 is 2.77 bits per heavy atom. The van der Waals surface area contributed by atoms with Gasteiger partial charge in [0.15, 0.2) is 17.1 Å². The summed E-state index contributed by atoms with van der Waals surface area (Å²) in [4.78, 5) is 5.54. The molecule has 0 fully saturated rings. The zero-order valence-electron chi connectivity index (χ0n) is 14.5. The maximum Gasteiger partial charge on any atom is 0.162 e. The van der Waals surface area contributed by atoms with Gasteiger partial charge in [0.05, 0.1) is 25.3 Å². The van der Waals surface area contributed by atoms with Gasteiger partial charge in [-0.25, -0.2) is 9.50 Å². The number of benzene rings is 1. The first kappa shape index (κ1) is 16.4. The summed E-state index contributed by atoms with van der Waals surface area (Å²) in [7, 11) is 3.29. The number of imidazole rings is 1. The van der Waals surface area contributed by atoms with Crippen molar-refractivity contribution in [2.45, 2.75) is 0 Å². The van der Waals surface area contributed by atoms with Gasteiger partial charge >= 0.3 is 0 Å². The summed E-state index contributed by atoms with van der Waals surface area (Å²) in [6.07, 6.45) is 3.65. The lowest BCUT2D eigenvalue weighted by Gasteiger charge is -2.06. The highest BCUT2D eigenvalue weighted by molar-refractivity contribution is 7.22. The summed E-state index contributed by atoms with van der Waals surface area (Å²) < 4.78 is 13.8. The van der Waals surface area contributed by atoms with Crippen LogP contribution in [0.4, 0.5) is 5.82 Å². The third kappa shape index (κ3) is 2.76. The van der Waals surface area contributed by atoms with Crippen molar-refractivity contribution in [3.8, 4) is 22.1 Å². The Hall–Kier alpha value is -3.06. The van der Waals surface area contributed by atoms with E-state index in [4.69, 9.17) is 9.47 Å². The molecule has 0 atom stereocenters. The Bertz CT molecular complexity index is 1060. The SMILES string of the molecule is C=CCNc1ccc2ncc(-c3cc4cc(OC)c(OC)cc4s3)n2n1. The number of methoxy groups -OCH3 is 2. The van der Waals surface area contributed by atoms with Crippen LogP contribution in [0, 0.1) is 0 Å². The number of anilines is 1. The molecule has 0 bridgehead atoms. The molecule has 0 aliphatic carbocycles. The Balaban J connectivity index is 1.82. The monoisotopic (exact) mass is 366 g/mol. The fraction of sp³-hybridized carbons (Fsp3) is 0.158. The van der Waals surface area contributed by atoms with E-state index in [1.165, 1.54) is 0 Å². The number of aromatic nitrogens is 3. The second-order valence-corrected chi connectivity index (χ2v) is 6.74. The van der Waals surface area contributed by atoms with Crippen LogP contribution in [0.1, 0.15) is 0 Å². The molecule has 4 rings (SSSR count). The molecule has 0 aliphatic rings. The number of hydrogen-bond donors (Lipinski definition) is 1. The van der Waals surface area contributed by atoms with Crippen molar-refractivity contribution in [3.05, 3.63) is 49.2 Å². The Labute approximate surface area is 154 Å². The molecule has 3 heterocycles. The molecule has 0 saturated heterocycles. The predicted octanol–water partition coefficient (Wildman–Crippen LogP) is 4.23. The van der Waals surface area contributed by atoms with Gasteiger partial charge in [-0.2, -0.15) is 0 Å². The lowest BCUT2D eigenvalue weighted by molar-refractivity contribution is 0.356. The first-order valence-corrected chi connectivity index (χ1v) is 8.90. The number of hydrogen-bond acceptors (Lipinski definition) is 6. The van der Waals surface area contributed by atoms with E-state index < -0.39 is 0 Å². The van der Waals surface area contributed by atoms with Crippen molar-refractivity contribution >= 4 is 32.9 Å². The molecule has 0 amide bonds. The van der Waals surface area contributed by atoms with E-state index in [-0.39, 0.29) is 0 Å². The van der Waals surface area contributed by atoms with Crippen molar-refractivity contribution in [1.29, 1.82) is 0 Å². The van der Waals surface area contributed by atoms with Crippen LogP contribution in [0.15, 0.2) is 49.2 Å². The van der Waals surface area contributed by atoms with Crippen LogP contribution in [0.3, 0.4) is 0 Å². The van der Waals surface area contributed by atoms with Gasteiger partial charge in [0.2, 0.25) is 0 Å². The normalized spacial score (nSPS) is 11.0. The molecule has 7 heteroatoms. The topological polar surface area (TPSA) is 60.7 Å². The molecule has 0 unspecified atom stereocenters. The minimum Gasteiger partial charge on any atom is -0.493 e. The average molecular weight is 366 g/mol. The van der Waals surface area contributed by atoms with Crippen LogP contribution in [0.25, 0.3) is 26.3 Å². The van der Waals surface area contributed by atoms with E-state index >= 15 is 0 Å². The van der Waals surface area contributed by atoms with Crippen LogP contribution < -0.4 is 14.8 Å². The molecule has 1 N–H and O–H groups in total. The number of ether oxygens (including phenoxy) is 2.